The molecule has 0 amide bonds. The van der Waals surface area contributed by atoms with E-state index in [2.05, 4.69) is 4.99 Å². The summed E-state index contributed by atoms with van der Waals surface area (Å²) in [6.45, 7) is 3.27. The van der Waals surface area contributed by atoms with Gasteiger partial charge in [-0.1, -0.05) is 6.92 Å². The van der Waals surface area contributed by atoms with Crippen molar-refractivity contribution in [3.05, 3.63) is 11.5 Å². The van der Waals surface area contributed by atoms with Crippen molar-refractivity contribution in [2.45, 2.75) is 20.3 Å². The molecule has 86 valence electrons. The smallest absolute Gasteiger partial charge is 0.228 e. The summed E-state index contributed by atoms with van der Waals surface area (Å²) in [7, 11) is 1.63. The minimum atomic E-state index is -0.270. The molecule has 0 saturated carbocycles. The number of nitrogens with two attached hydrogens (primary N) is 1. The van der Waals surface area contributed by atoms with E-state index >= 15 is 0 Å². The second-order valence-corrected chi connectivity index (χ2v) is 3.56. The molecule has 0 saturated heterocycles. The first-order chi connectivity index (χ1) is 7.13. The summed E-state index contributed by atoms with van der Waals surface area (Å²) in [5.41, 5.74) is 5.95. The molecule has 0 spiro atoms. The van der Waals surface area contributed by atoms with E-state index in [0.29, 0.717) is 12.1 Å². The van der Waals surface area contributed by atoms with Crippen molar-refractivity contribution in [1.82, 2.24) is 0 Å². The standard InChI is InChI=1S/C9H16N2O3S/c1-4-15-14-13-9(7(2)12)8(10)5-6-11-3/h6H,4-5,10H2,1-3H3/b9-8-,11-6?. The van der Waals surface area contributed by atoms with E-state index in [4.69, 9.17) is 15.0 Å². The third-order valence-corrected chi connectivity index (χ3v) is 1.79. The Kier molecular flexibility index (Phi) is 7.75. The van der Waals surface area contributed by atoms with Gasteiger partial charge in [0.05, 0.1) is 5.70 Å². The number of carbonyl (C=O) groups is 1. The molecule has 0 radical (unpaired) electrons. The summed E-state index contributed by atoms with van der Waals surface area (Å²) in [6, 6.07) is 0. The van der Waals surface area contributed by atoms with Gasteiger partial charge >= 0.3 is 0 Å². The fraction of sp³-hybridized carbons (Fsp3) is 0.556. The van der Waals surface area contributed by atoms with Crippen LogP contribution >= 0.6 is 12.0 Å². The average molecular weight is 232 g/mol. The van der Waals surface area contributed by atoms with Gasteiger partial charge in [0, 0.05) is 44.4 Å². The number of carbonyl (C=O) groups excluding carboxylic acids is 1. The van der Waals surface area contributed by atoms with Crippen LogP contribution in [0.5, 0.6) is 0 Å². The van der Waals surface area contributed by atoms with Crippen molar-refractivity contribution in [1.29, 1.82) is 0 Å². The lowest BCUT2D eigenvalue weighted by atomic mass is 10.2. The highest BCUT2D eigenvalue weighted by atomic mass is 32.2. The Labute approximate surface area is 93.9 Å². The molecule has 0 unspecified atom stereocenters. The highest BCUT2D eigenvalue weighted by molar-refractivity contribution is 7.94. The van der Waals surface area contributed by atoms with Crippen LogP contribution in [-0.4, -0.2) is 24.8 Å². The number of Topliss-reactive ketones (excluding diaryl/α,β-unsaturated/α-hetero) is 1. The second-order valence-electron chi connectivity index (χ2n) is 2.61. The van der Waals surface area contributed by atoms with Crippen LogP contribution in [0.25, 0.3) is 0 Å². The zero-order valence-corrected chi connectivity index (χ0v) is 9.97. The summed E-state index contributed by atoms with van der Waals surface area (Å²) in [6.07, 6.45) is 1.96. The van der Waals surface area contributed by atoms with Crippen molar-refractivity contribution in [2.75, 3.05) is 12.8 Å². The van der Waals surface area contributed by atoms with Crippen LogP contribution in [0.3, 0.4) is 0 Å². The van der Waals surface area contributed by atoms with E-state index in [0.717, 1.165) is 17.8 Å². The van der Waals surface area contributed by atoms with E-state index in [1.165, 1.54) is 6.92 Å². The Morgan fingerprint density at radius 2 is 2.27 bits per heavy atom. The molecule has 2 N–H and O–H groups in total. The lowest BCUT2D eigenvalue weighted by Gasteiger charge is -2.06. The molecule has 0 atom stereocenters. The number of nitrogens with zero attached hydrogens (tertiary/aromatic N) is 1. The van der Waals surface area contributed by atoms with Crippen LogP contribution in [0.2, 0.25) is 0 Å². The molecule has 0 aromatic carbocycles. The first-order valence-corrected chi connectivity index (χ1v) is 5.40. The fourth-order valence-corrected chi connectivity index (χ4v) is 0.939. The van der Waals surface area contributed by atoms with E-state index in [1.807, 2.05) is 6.92 Å². The molecule has 0 heterocycles. The molecule has 0 aliphatic carbocycles. The van der Waals surface area contributed by atoms with Gasteiger partial charge in [-0.15, -0.1) is 4.33 Å². The molecule has 0 rings (SSSR count). The number of allylic oxidation sites excluding steroid dienone is 2. The number of aliphatic imine (C=N–C) groups is 1. The van der Waals surface area contributed by atoms with Gasteiger partial charge < -0.3 is 15.6 Å². The number of hydrogen-bond donors (Lipinski definition) is 1. The van der Waals surface area contributed by atoms with Crippen LogP contribution in [0.15, 0.2) is 16.4 Å². The van der Waals surface area contributed by atoms with Crippen molar-refractivity contribution in [2.24, 2.45) is 10.7 Å². The summed E-state index contributed by atoms with van der Waals surface area (Å²) < 4.78 is 4.72. The Hall–Kier alpha value is -1.01. The lowest BCUT2D eigenvalue weighted by Crippen LogP contribution is -2.11. The van der Waals surface area contributed by atoms with Gasteiger partial charge in [-0.05, 0) is 0 Å². The van der Waals surface area contributed by atoms with E-state index in [1.54, 1.807) is 13.3 Å². The van der Waals surface area contributed by atoms with E-state index in [-0.39, 0.29) is 11.5 Å². The van der Waals surface area contributed by atoms with Crippen molar-refractivity contribution in [3.63, 3.8) is 0 Å². The van der Waals surface area contributed by atoms with Crippen molar-refractivity contribution >= 4 is 24.0 Å². The predicted molar refractivity (Wildman–Crippen MR) is 61.2 cm³/mol. The van der Waals surface area contributed by atoms with Crippen LogP contribution in [0.4, 0.5) is 0 Å². The molecule has 0 bridgehead atoms. The van der Waals surface area contributed by atoms with Crippen molar-refractivity contribution in [3.8, 4) is 0 Å². The summed E-state index contributed by atoms with van der Waals surface area (Å²) in [4.78, 5) is 19.7. The van der Waals surface area contributed by atoms with Gasteiger partial charge in [-0.3, -0.25) is 4.79 Å². The molecular formula is C9H16N2O3S. The Morgan fingerprint density at radius 1 is 1.60 bits per heavy atom. The van der Waals surface area contributed by atoms with E-state index in [9.17, 15) is 4.79 Å². The van der Waals surface area contributed by atoms with Gasteiger partial charge in [-0.2, -0.15) is 0 Å². The predicted octanol–water partition coefficient (Wildman–Crippen LogP) is 1.45. The lowest BCUT2D eigenvalue weighted by molar-refractivity contribution is -0.160. The summed E-state index contributed by atoms with van der Waals surface area (Å²) in [5.74, 6) is 0.492. The minimum Gasteiger partial charge on any atom is -0.399 e. The van der Waals surface area contributed by atoms with Gasteiger partial charge in [0.1, 0.15) is 0 Å². The minimum absolute atomic E-state index is 0.0378. The average Bonchev–Trinajstić information content (AvgIpc) is 2.20. The molecule has 15 heavy (non-hydrogen) atoms. The SMILES string of the molecule is CCSOO/C(C(C)=O)=C(\N)CC=NC. The first-order valence-electron chi connectivity index (χ1n) is 4.49. The zero-order valence-electron chi connectivity index (χ0n) is 9.15. The third kappa shape index (κ3) is 6.14. The zero-order chi connectivity index (χ0) is 11.7. The van der Waals surface area contributed by atoms with Crippen LogP contribution in [-0.2, 0) is 14.0 Å². The Balaban J connectivity index is 4.40. The topological polar surface area (TPSA) is 73.9 Å². The highest BCUT2D eigenvalue weighted by Crippen LogP contribution is 2.11. The van der Waals surface area contributed by atoms with Gasteiger partial charge in [-0.25, -0.2) is 0 Å². The summed E-state index contributed by atoms with van der Waals surface area (Å²) in [5, 5.41) is 0. The van der Waals surface area contributed by atoms with Crippen LogP contribution in [0, 0.1) is 0 Å². The maximum absolute atomic E-state index is 11.1. The van der Waals surface area contributed by atoms with Gasteiger partial charge in [0.2, 0.25) is 5.76 Å². The maximum atomic E-state index is 11.1. The third-order valence-electron chi connectivity index (χ3n) is 1.39. The molecule has 6 heteroatoms. The molecule has 0 aromatic heterocycles. The first kappa shape index (κ1) is 14.0. The molecule has 0 fully saturated rings. The number of ketones is 1. The summed E-state index contributed by atoms with van der Waals surface area (Å²) >= 11 is 1.10. The maximum Gasteiger partial charge on any atom is 0.228 e. The molecular weight excluding hydrogens is 216 g/mol. The normalized spacial score (nSPS) is 12.7. The quantitative estimate of drug-likeness (QED) is 0.137. The Bertz CT molecular complexity index is 264. The second kappa shape index (κ2) is 8.31. The van der Waals surface area contributed by atoms with Crippen LogP contribution < -0.4 is 5.73 Å². The molecule has 5 nitrogen and oxygen atoms in total. The molecule has 0 aliphatic heterocycles. The highest BCUT2D eigenvalue weighted by Gasteiger charge is 2.12. The monoisotopic (exact) mass is 232 g/mol. The Morgan fingerprint density at radius 3 is 2.73 bits per heavy atom. The van der Waals surface area contributed by atoms with Crippen LogP contribution in [0.1, 0.15) is 20.3 Å². The number of hydrogen-bond acceptors (Lipinski definition) is 6. The fourth-order valence-electron chi connectivity index (χ4n) is 0.727. The van der Waals surface area contributed by atoms with Gasteiger partial charge in [0.25, 0.3) is 0 Å². The van der Waals surface area contributed by atoms with Gasteiger partial charge in [0.15, 0.2) is 5.78 Å². The number of rotatable bonds is 7. The van der Waals surface area contributed by atoms with Crippen molar-refractivity contribution < 1.29 is 14.0 Å². The molecule has 0 aromatic rings. The van der Waals surface area contributed by atoms with E-state index < -0.39 is 0 Å². The largest absolute Gasteiger partial charge is 0.399 e. The molecule has 0 aliphatic rings.